The van der Waals surface area contributed by atoms with Crippen LogP contribution in [0.5, 0.6) is 0 Å². The van der Waals surface area contributed by atoms with Crippen LogP contribution in [0.3, 0.4) is 0 Å². The molecule has 1 aromatic heterocycles. The Balaban J connectivity index is 2.31. The van der Waals surface area contributed by atoms with Crippen molar-refractivity contribution in [2.75, 3.05) is 17.2 Å². The zero-order valence-electron chi connectivity index (χ0n) is 9.65. The van der Waals surface area contributed by atoms with Crippen molar-refractivity contribution in [3.05, 3.63) is 11.2 Å². The molecule has 1 aliphatic rings. The molecule has 4 nitrogen and oxygen atoms in total. The van der Waals surface area contributed by atoms with Crippen LogP contribution in [-0.2, 0) is 0 Å². The molecule has 2 unspecified atom stereocenters. The Kier molecular flexibility index (Phi) is 3.19. The maximum absolute atomic E-state index is 6.12. The van der Waals surface area contributed by atoms with Gasteiger partial charge in [-0.2, -0.15) is 4.98 Å². The lowest BCUT2D eigenvalue weighted by molar-refractivity contribution is 0.361. The summed E-state index contributed by atoms with van der Waals surface area (Å²) in [6.07, 6.45) is 4.01. The lowest BCUT2D eigenvalue weighted by Gasteiger charge is -2.39. The molecule has 1 aromatic rings. The Hall–Kier alpha value is -1.03. The van der Waals surface area contributed by atoms with Crippen LogP contribution >= 0.6 is 11.6 Å². The smallest absolute Gasteiger partial charge is 0.222 e. The van der Waals surface area contributed by atoms with Crippen LogP contribution in [0.2, 0.25) is 5.02 Å². The highest BCUT2D eigenvalue weighted by molar-refractivity contribution is 6.32. The summed E-state index contributed by atoms with van der Waals surface area (Å²) in [5, 5.41) is 0.579. The maximum atomic E-state index is 6.12. The van der Waals surface area contributed by atoms with Crippen molar-refractivity contribution in [1.29, 1.82) is 0 Å². The molecule has 0 saturated carbocycles. The average Bonchev–Trinajstić information content (AvgIpc) is 2.26. The number of piperidine rings is 1. The summed E-state index contributed by atoms with van der Waals surface area (Å²) in [5.41, 5.74) is 5.61. The highest BCUT2D eigenvalue weighted by Crippen LogP contribution is 2.31. The van der Waals surface area contributed by atoms with E-state index in [9.17, 15) is 0 Å². The van der Waals surface area contributed by atoms with Crippen LogP contribution in [-0.4, -0.2) is 22.6 Å². The molecule has 1 fully saturated rings. The monoisotopic (exact) mass is 240 g/mol. The number of anilines is 2. The van der Waals surface area contributed by atoms with Crippen LogP contribution in [0.15, 0.2) is 6.20 Å². The van der Waals surface area contributed by atoms with Gasteiger partial charge in [0.15, 0.2) is 5.82 Å². The summed E-state index contributed by atoms with van der Waals surface area (Å²) in [6, 6.07) is 0.445. The first-order valence-electron chi connectivity index (χ1n) is 5.64. The molecule has 0 aliphatic carbocycles. The SMILES string of the molecule is CC1CCCN(c2nc(N)ncc2Cl)C1C. The van der Waals surface area contributed by atoms with E-state index in [0.717, 1.165) is 12.4 Å². The van der Waals surface area contributed by atoms with Crippen molar-refractivity contribution in [2.45, 2.75) is 32.7 Å². The fourth-order valence-corrected chi connectivity index (χ4v) is 2.41. The second kappa shape index (κ2) is 4.45. The predicted molar refractivity (Wildman–Crippen MR) is 66.7 cm³/mol. The first kappa shape index (κ1) is 11.5. The van der Waals surface area contributed by atoms with E-state index in [1.54, 1.807) is 6.20 Å². The van der Waals surface area contributed by atoms with Gasteiger partial charge < -0.3 is 10.6 Å². The second-order valence-electron chi connectivity index (χ2n) is 4.45. The largest absolute Gasteiger partial charge is 0.368 e. The highest BCUT2D eigenvalue weighted by atomic mass is 35.5. The van der Waals surface area contributed by atoms with Gasteiger partial charge in [0.25, 0.3) is 0 Å². The first-order valence-corrected chi connectivity index (χ1v) is 6.02. The van der Waals surface area contributed by atoms with Crippen LogP contribution in [0.25, 0.3) is 0 Å². The number of rotatable bonds is 1. The van der Waals surface area contributed by atoms with Crippen LogP contribution < -0.4 is 10.6 Å². The predicted octanol–water partition coefficient (Wildman–Crippen LogP) is 2.34. The standard InChI is InChI=1S/C11H17ClN4/c1-7-4-3-5-16(8(7)2)10-9(12)6-14-11(13)15-10/h6-8H,3-5H2,1-2H3,(H2,13,14,15). The molecule has 0 bridgehead atoms. The zero-order chi connectivity index (χ0) is 11.7. The third-order valence-electron chi connectivity index (χ3n) is 3.39. The van der Waals surface area contributed by atoms with E-state index in [1.165, 1.54) is 12.8 Å². The molecular formula is C11H17ClN4. The Morgan fingerprint density at radius 3 is 3.00 bits per heavy atom. The molecule has 2 rings (SSSR count). The molecule has 5 heteroatoms. The van der Waals surface area contributed by atoms with Gasteiger partial charge in [0.1, 0.15) is 5.02 Å². The Morgan fingerprint density at radius 2 is 2.25 bits per heavy atom. The van der Waals surface area contributed by atoms with Gasteiger partial charge in [-0.15, -0.1) is 0 Å². The van der Waals surface area contributed by atoms with Crippen molar-refractivity contribution in [2.24, 2.45) is 5.92 Å². The molecule has 88 valence electrons. The molecule has 1 aliphatic heterocycles. The molecular weight excluding hydrogens is 224 g/mol. The third kappa shape index (κ3) is 2.07. The lowest BCUT2D eigenvalue weighted by Crippen LogP contribution is -2.43. The van der Waals surface area contributed by atoms with Gasteiger partial charge in [-0.25, -0.2) is 4.98 Å². The normalized spacial score (nSPS) is 25.8. The Labute approximate surface area is 101 Å². The molecule has 16 heavy (non-hydrogen) atoms. The van der Waals surface area contributed by atoms with Gasteiger partial charge in [-0.1, -0.05) is 18.5 Å². The van der Waals surface area contributed by atoms with Crippen LogP contribution in [0.1, 0.15) is 26.7 Å². The quantitative estimate of drug-likeness (QED) is 0.819. The number of nitrogens with two attached hydrogens (primary N) is 1. The summed E-state index contributed by atoms with van der Waals surface area (Å²) in [4.78, 5) is 10.4. The molecule has 0 radical (unpaired) electrons. The summed E-state index contributed by atoms with van der Waals surface area (Å²) >= 11 is 6.12. The molecule has 0 amide bonds. The zero-order valence-corrected chi connectivity index (χ0v) is 10.4. The molecule has 0 spiro atoms. The maximum Gasteiger partial charge on any atom is 0.222 e. The van der Waals surface area contributed by atoms with E-state index in [2.05, 4.69) is 28.7 Å². The minimum atomic E-state index is 0.282. The van der Waals surface area contributed by atoms with Crippen molar-refractivity contribution >= 4 is 23.4 Å². The fourth-order valence-electron chi connectivity index (χ4n) is 2.21. The highest BCUT2D eigenvalue weighted by Gasteiger charge is 2.27. The number of nitrogens with zero attached hydrogens (tertiary/aromatic N) is 3. The fraction of sp³-hybridized carbons (Fsp3) is 0.636. The van der Waals surface area contributed by atoms with Crippen LogP contribution in [0, 0.1) is 5.92 Å². The van der Waals surface area contributed by atoms with Crippen molar-refractivity contribution in [3.63, 3.8) is 0 Å². The molecule has 0 aromatic carbocycles. The van der Waals surface area contributed by atoms with Gasteiger partial charge in [-0.3, -0.25) is 0 Å². The van der Waals surface area contributed by atoms with E-state index in [-0.39, 0.29) is 5.95 Å². The summed E-state index contributed by atoms with van der Waals surface area (Å²) in [6.45, 7) is 5.45. The lowest BCUT2D eigenvalue weighted by atomic mass is 9.92. The Morgan fingerprint density at radius 1 is 1.50 bits per heavy atom. The number of hydrogen-bond acceptors (Lipinski definition) is 4. The summed E-state index contributed by atoms with van der Waals surface area (Å²) in [5.74, 6) is 1.71. The molecule has 2 atom stereocenters. The van der Waals surface area contributed by atoms with Crippen LogP contribution in [0.4, 0.5) is 11.8 Å². The molecule has 2 heterocycles. The minimum Gasteiger partial charge on any atom is -0.368 e. The van der Waals surface area contributed by atoms with Crippen molar-refractivity contribution in [1.82, 2.24) is 9.97 Å². The first-order chi connectivity index (χ1) is 7.59. The number of halogens is 1. The van der Waals surface area contributed by atoms with E-state index < -0.39 is 0 Å². The summed E-state index contributed by atoms with van der Waals surface area (Å²) in [7, 11) is 0. The average molecular weight is 241 g/mol. The molecule has 2 N–H and O–H groups in total. The number of aromatic nitrogens is 2. The van der Waals surface area contributed by atoms with E-state index in [4.69, 9.17) is 17.3 Å². The van der Waals surface area contributed by atoms with Gasteiger partial charge >= 0.3 is 0 Å². The van der Waals surface area contributed by atoms with Gasteiger partial charge in [0.2, 0.25) is 5.95 Å². The minimum absolute atomic E-state index is 0.282. The summed E-state index contributed by atoms with van der Waals surface area (Å²) < 4.78 is 0. The van der Waals surface area contributed by atoms with Gasteiger partial charge in [0, 0.05) is 12.6 Å². The number of hydrogen-bond donors (Lipinski definition) is 1. The topological polar surface area (TPSA) is 55.0 Å². The van der Waals surface area contributed by atoms with E-state index >= 15 is 0 Å². The van der Waals surface area contributed by atoms with Crippen molar-refractivity contribution < 1.29 is 0 Å². The van der Waals surface area contributed by atoms with E-state index in [1.807, 2.05) is 0 Å². The third-order valence-corrected chi connectivity index (χ3v) is 3.66. The van der Waals surface area contributed by atoms with E-state index in [0.29, 0.717) is 17.0 Å². The Bertz CT molecular complexity index is 382. The second-order valence-corrected chi connectivity index (χ2v) is 4.86. The number of nitrogen functional groups attached to an aromatic ring is 1. The molecule has 1 saturated heterocycles. The van der Waals surface area contributed by atoms with Gasteiger partial charge in [-0.05, 0) is 25.7 Å². The van der Waals surface area contributed by atoms with Gasteiger partial charge in [0.05, 0.1) is 6.20 Å². The van der Waals surface area contributed by atoms with Crippen molar-refractivity contribution in [3.8, 4) is 0 Å².